The maximum absolute atomic E-state index is 12.3. The second kappa shape index (κ2) is 4.83. The largest absolute Gasteiger partial charge is 0.420 e. The van der Waals surface area contributed by atoms with E-state index in [4.69, 9.17) is 4.42 Å². The third kappa shape index (κ3) is 2.00. The van der Waals surface area contributed by atoms with Crippen LogP contribution in [0.5, 0.6) is 0 Å². The summed E-state index contributed by atoms with van der Waals surface area (Å²) in [6.45, 7) is 1.14. The molecule has 1 amide bonds. The van der Waals surface area contributed by atoms with Gasteiger partial charge < -0.3 is 9.32 Å². The molecular weight excluding hydrogens is 286 g/mol. The second-order valence-corrected chi connectivity index (χ2v) is 5.26. The van der Waals surface area contributed by atoms with Crippen LogP contribution in [0.1, 0.15) is 6.04 Å². The van der Waals surface area contributed by atoms with Crippen molar-refractivity contribution < 1.29 is 9.21 Å². The SMILES string of the molecule is O=C(Cn1c(=O)oc2ccccc21)N1CC(n2ccnn2)C1. The van der Waals surface area contributed by atoms with Crippen LogP contribution in [0.4, 0.5) is 0 Å². The topological polar surface area (TPSA) is 86.2 Å². The van der Waals surface area contributed by atoms with Gasteiger partial charge in [0.25, 0.3) is 0 Å². The zero-order valence-electron chi connectivity index (χ0n) is 11.6. The van der Waals surface area contributed by atoms with Crippen LogP contribution in [0.15, 0.2) is 45.9 Å². The van der Waals surface area contributed by atoms with Crippen LogP contribution in [0.2, 0.25) is 0 Å². The lowest BCUT2D eigenvalue weighted by Crippen LogP contribution is -2.52. The van der Waals surface area contributed by atoms with Gasteiger partial charge in [0.1, 0.15) is 6.54 Å². The standard InChI is InChI=1S/C14H13N5O3/c20-13(17-7-10(8-17)19-6-5-15-16-19)9-18-11-3-1-2-4-12(11)22-14(18)21/h1-6,10H,7-9H2. The van der Waals surface area contributed by atoms with Crippen LogP contribution >= 0.6 is 0 Å². The molecule has 0 saturated carbocycles. The fraction of sp³-hybridized carbons (Fsp3) is 0.286. The molecule has 22 heavy (non-hydrogen) atoms. The molecule has 3 heterocycles. The third-order valence-electron chi connectivity index (χ3n) is 3.90. The molecule has 4 rings (SSSR count). The summed E-state index contributed by atoms with van der Waals surface area (Å²) in [5.74, 6) is -0.618. The van der Waals surface area contributed by atoms with Gasteiger partial charge in [-0.2, -0.15) is 0 Å². The molecule has 8 nitrogen and oxygen atoms in total. The van der Waals surface area contributed by atoms with Crippen molar-refractivity contribution in [3.63, 3.8) is 0 Å². The Morgan fingerprint density at radius 1 is 1.32 bits per heavy atom. The molecule has 3 aromatic rings. The highest BCUT2D eigenvalue weighted by atomic mass is 16.4. The number of aromatic nitrogens is 4. The van der Waals surface area contributed by atoms with E-state index < -0.39 is 5.76 Å². The lowest BCUT2D eigenvalue weighted by molar-refractivity contribution is -0.137. The van der Waals surface area contributed by atoms with Crippen molar-refractivity contribution in [1.82, 2.24) is 24.5 Å². The average Bonchev–Trinajstić information content (AvgIpc) is 3.07. The highest BCUT2D eigenvalue weighted by Gasteiger charge is 2.32. The fourth-order valence-electron chi connectivity index (χ4n) is 2.64. The van der Waals surface area contributed by atoms with Gasteiger partial charge in [0.2, 0.25) is 5.91 Å². The fourth-order valence-corrected chi connectivity index (χ4v) is 2.64. The molecule has 0 radical (unpaired) electrons. The first-order valence-corrected chi connectivity index (χ1v) is 6.94. The van der Waals surface area contributed by atoms with Gasteiger partial charge in [-0.05, 0) is 12.1 Å². The zero-order chi connectivity index (χ0) is 15.1. The van der Waals surface area contributed by atoms with E-state index in [-0.39, 0.29) is 18.5 Å². The highest BCUT2D eigenvalue weighted by Crippen LogP contribution is 2.20. The molecule has 1 saturated heterocycles. The number of rotatable bonds is 3. The second-order valence-electron chi connectivity index (χ2n) is 5.26. The maximum atomic E-state index is 12.3. The van der Waals surface area contributed by atoms with Crippen molar-refractivity contribution in [1.29, 1.82) is 0 Å². The first kappa shape index (κ1) is 12.8. The van der Waals surface area contributed by atoms with E-state index >= 15 is 0 Å². The Hall–Kier alpha value is -2.90. The molecule has 1 aliphatic heterocycles. The molecule has 0 atom stereocenters. The Labute approximate surface area is 124 Å². The molecule has 1 fully saturated rings. The molecule has 112 valence electrons. The summed E-state index contributed by atoms with van der Waals surface area (Å²) in [6, 6.07) is 7.23. The van der Waals surface area contributed by atoms with Gasteiger partial charge in [0.15, 0.2) is 5.58 Å². The Morgan fingerprint density at radius 2 is 2.14 bits per heavy atom. The van der Waals surface area contributed by atoms with Gasteiger partial charge in [-0.25, -0.2) is 9.48 Å². The minimum atomic E-state index is -0.511. The predicted octanol–water partition coefficient (Wildman–Crippen LogP) is 0.270. The van der Waals surface area contributed by atoms with Crippen LogP contribution < -0.4 is 5.76 Å². The quantitative estimate of drug-likeness (QED) is 0.693. The summed E-state index contributed by atoms with van der Waals surface area (Å²) in [6.07, 6.45) is 3.39. The minimum absolute atomic E-state index is 0.0140. The lowest BCUT2D eigenvalue weighted by Gasteiger charge is -2.38. The summed E-state index contributed by atoms with van der Waals surface area (Å²) < 4.78 is 8.23. The lowest BCUT2D eigenvalue weighted by atomic mass is 10.1. The van der Waals surface area contributed by atoms with Crippen LogP contribution in [-0.4, -0.2) is 43.5 Å². The van der Waals surface area contributed by atoms with E-state index in [9.17, 15) is 9.59 Å². The highest BCUT2D eigenvalue weighted by molar-refractivity contribution is 5.80. The monoisotopic (exact) mass is 299 g/mol. The van der Waals surface area contributed by atoms with Crippen LogP contribution in [0.25, 0.3) is 11.1 Å². The number of carbonyl (C=O) groups is 1. The van der Waals surface area contributed by atoms with E-state index in [0.29, 0.717) is 24.2 Å². The number of hydrogen-bond acceptors (Lipinski definition) is 5. The van der Waals surface area contributed by atoms with Gasteiger partial charge in [-0.1, -0.05) is 17.3 Å². The normalized spacial score (nSPS) is 15.2. The van der Waals surface area contributed by atoms with Crippen molar-refractivity contribution in [3.8, 4) is 0 Å². The number of amides is 1. The third-order valence-corrected chi connectivity index (χ3v) is 3.90. The summed E-state index contributed by atoms with van der Waals surface area (Å²) in [4.78, 5) is 25.8. The molecule has 0 spiro atoms. The van der Waals surface area contributed by atoms with Crippen LogP contribution in [-0.2, 0) is 11.3 Å². The van der Waals surface area contributed by atoms with Crippen molar-refractivity contribution in [2.45, 2.75) is 12.6 Å². The van der Waals surface area contributed by atoms with Gasteiger partial charge >= 0.3 is 5.76 Å². The molecule has 1 aliphatic rings. The van der Waals surface area contributed by atoms with Crippen molar-refractivity contribution in [2.75, 3.05) is 13.1 Å². The maximum Gasteiger partial charge on any atom is 0.420 e. The van der Waals surface area contributed by atoms with Gasteiger partial charge in [-0.15, -0.1) is 5.10 Å². The summed E-state index contributed by atoms with van der Waals surface area (Å²) in [5, 5.41) is 7.67. The van der Waals surface area contributed by atoms with Crippen molar-refractivity contribution in [2.24, 2.45) is 0 Å². The molecule has 0 aliphatic carbocycles. The van der Waals surface area contributed by atoms with Gasteiger partial charge in [0, 0.05) is 19.3 Å². The first-order chi connectivity index (χ1) is 10.7. The number of nitrogens with zero attached hydrogens (tertiary/aromatic N) is 5. The van der Waals surface area contributed by atoms with Crippen molar-refractivity contribution >= 4 is 17.0 Å². The van der Waals surface area contributed by atoms with E-state index in [1.807, 2.05) is 6.07 Å². The first-order valence-electron chi connectivity index (χ1n) is 6.94. The summed E-state index contributed by atoms with van der Waals surface area (Å²) >= 11 is 0. The number of likely N-dealkylation sites (tertiary alicyclic amines) is 1. The molecule has 0 N–H and O–H groups in total. The molecule has 1 aromatic carbocycles. The Kier molecular flexibility index (Phi) is 2.81. The number of carbonyl (C=O) groups excluding carboxylic acids is 1. The Bertz CT molecular complexity index is 873. The molecular formula is C14H13N5O3. The van der Waals surface area contributed by atoms with E-state index in [0.717, 1.165) is 0 Å². The zero-order valence-corrected chi connectivity index (χ0v) is 11.6. The van der Waals surface area contributed by atoms with E-state index in [1.165, 1.54) is 4.57 Å². The molecule has 2 aromatic heterocycles. The number of oxazole rings is 1. The van der Waals surface area contributed by atoms with E-state index in [1.54, 1.807) is 40.2 Å². The van der Waals surface area contributed by atoms with Crippen molar-refractivity contribution in [3.05, 3.63) is 47.2 Å². The Balaban J connectivity index is 1.48. The number of para-hydroxylation sites is 2. The van der Waals surface area contributed by atoms with Gasteiger partial charge in [-0.3, -0.25) is 9.36 Å². The summed E-state index contributed by atoms with van der Waals surface area (Å²) in [7, 11) is 0. The minimum Gasteiger partial charge on any atom is -0.408 e. The Morgan fingerprint density at radius 3 is 2.91 bits per heavy atom. The predicted molar refractivity (Wildman–Crippen MR) is 76.1 cm³/mol. The number of benzene rings is 1. The van der Waals surface area contributed by atoms with Gasteiger partial charge in [0.05, 0.1) is 17.8 Å². The molecule has 8 heteroatoms. The molecule has 0 unspecified atom stereocenters. The average molecular weight is 299 g/mol. The molecule has 0 bridgehead atoms. The van der Waals surface area contributed by atoms with Crippen LogP contribution in [0.3, 0.4) is 0 Å². The van der Waals surface area contributed by atoms with Crippen LogP contribution in [0, 0.1) is 0 Å². The summed E-state index contributed by atoms with van der Waals surface area (Å²) in [5.41, 5.74) is 1.12. The van der Waals surface area contributed by atoms with E-state index in [2.05, 4.69) is 10.3 Å². The number of fused-ring (bicyclic) bond motifs is 1. The number of hydrogen-bond donors (Lipinski definition) is 0. The smallest absolute Gasteiger partial charge is 0.408 e.